The van der Waals surface area contributed by atoms with Gasteiger partial charge in [0.15, 0.2) is 0 Å². The van der Waals surface area contributed by atoms with E-state index in [1.807, 2.05) is 0 Å². The average molecular weight is 287 g/mol. The third kappa shape index (κ3) is 3.30. The van der Waals surface area contributed by atoms with Gasteiger partial charge in [0, 0.05) is 13.1 Å². The SMILES string of the molecule is CC1(O)CCCN(c2nc(Cl)ncc2[N+](=O)[O-])CC1. The summed E-state index contributed by atoms with van der Waals surface area (Å²) in [6.45, 7) is 2.88. The van der Waals surface area contributed by atoms with Crippen LogP contribution in [0.1, 0.15) is 26.2 Å². The lowest BCUT2D eigenvalue weighted by Gasteiger charge is -2.22. The molecule has 1 unspecified atom stereocenters. The van der Waals surface area contributed by atoms with E-state index in [1.165, 1.54) is 0 Å². The molecule has 2 heterocycles. The first kappa shape index (κ1) is 14.0. The zero-order chi connectivity index (χ0) is 14.0. The standard InChI is InChI=1S/C11H15ClN4O3/c1-11(17)3-2-5-15(6-4-11)9-8(16(18)19)7-13-10(12)14-9/h7,17H,2-6H2,1H3. The molecule has 0 radical (unpaired) electrons. The summed E-state index contributed by atoms with van der Waals surface area (Å²) in [5.41, 5.74) is -0.897. The van der Waals surface area contributed by atoms with E-state index in [1.54, 1.807) is 11.8 Å². The molecule has 0 aliphatic carbocycles. The Kier molecular flexibility index (Phi) is 3.86. The summed E-state index contributed by atoms with van der Waals surface area (Å²) < 4.78 is 0. The topological polar surface area (TPSA) is 92.4 Å². The molecule has 1 aromatic heterocycles. The molecule has 1 aliphatic rings. The smallest absolute Gasteiger partial charge is 0.329 e. The lowest BCUT2D eigenvalue weighted by atomic mass is 9.98. The van der Waals surface area contributed by atoms with Crippen molar-refractivity contribution in [3.63, 3.8) is 0 Å². The van der Waals surface area contributed by atoms with Crippen molar-refractivity contribution in [2.24, 2.45) is 0 Å². The molecule has 104 valence electrons. The van der Waals surface area contributed by atoms with E-state index in [4.69, 9.17) is 11.6 Å². The first-order valence-corrected chi connectivity index (χ1v) is 6.41. The number of aromatic nitrogens is 2. The van der Waals surface area contributed by atoms with Crippen LogP contribution in [-0.4, -0.2) is 38.7 Å². The van der Waals surface area contributed by atoms with Crippen LogP contribution in [0.4, 0.5) is 11.5 Å². The summed E-state index contributed by atoms with van der Waals surface area (Å²) >= 11 is 5.72. The zero-order valence-corrected chi connectivity index (χ0v) is 11.3. The molecular formula is C11H15ClN4O3. The Morgan fingerprint density at radius 2 is 2.26 bits per heavy atom. The Morgan fingerprint density at radius 1 is 1.53 bits per heavy atom. The predicted octanol–water partition coefficient (Wildman–Crippen LogP) is 1.78. The van der Waals surface area contributed by atoms with Crippen LogP contribution in [0.3, 0.4) is 0 Å². The molecule has 2 rings (SSSR count). The van der Waals surface area contributed by atoms with Gasteiger partial charge in [-0.1, -0.05) is 0 Å². The first-order valence-electron chi connectivity index (χ1n) is 6.03. The number of nitrogens with zero attached hydrogens (tertiary/aromatic N) is 4. The van der Waals surface area contributed by atoms with E-state index in [-0.39, 0.29) is 16.8 Å². The zero-order valence-electron chi connectivity index (χ0n) is 10.5. The van der Waals surface area contributed by atoms with Gasteiger partial charge in [0.05, 0.1) is 10.5 Å². The van der Waals surface area contributed by atoms with Crippen molar-refractivity contribution in [2.45, 2.75) is 31.8 Å². The van der Waals surface area contributed by atoms with Crippen molar-refractivity contribution in [3.05, 3.63) is 21.6 Å². The normalized spacial score (nSPS) is 24.1. The minimum Gasteiger partial charge on any atom is -0.390 e. The van der Waals surface area contributed by atoms with Gasteiger partial charge in [-0.25, -0.2) is 4.98 Å². The molecule has 0 bridgehead atoms. The molecule has 0 spiro atoms. The molecule has 1 saturated heterocycles. The fourth-order valence-corrected chi connectivity index (χ4v) is 2.31. The maximum absolute atomic E-state index is 11.0. The Balaban J connectivity index is 2.30. The van der Waals surface area contributed by atoms with E-state index in [0.717, 1.165) is 12.6 Å². The van der Waals surface area contributed by atoms with Crippen LogP contribution in [-0.2, 0) is 0 Å². The molecule has 0 aromatic carbocycles. The van der Waals surface area contributed by atoms with E-state index >= 15 is 0 Å². The average Bonchev–Trinajstić information content (AvgIpc) is 2.49. The molecule has 7 nitrogen and oxygen atoms in total. The Labute approximate surface area is 115 Å². The van der Waals surface area contributed by atoms with Gasteiger partial charge in [-0.05, 0) is 37.8 Å². The molecule has 1 aromatic rings. The third-order valence-corrected chi connectivity index (χ3v) is 3.46. The van der Waals surface area contributed by atoms with E-state index < -0.39 is 10.5 Å². The Hall–Kier alpha value is -1.47. The molecular weight excluding hydrogens is 272 g/mol. The lowest BCUT2D eigenvalue weighted by molar-refractivity contribution is -0.384. The lowest BCUT2D eigenvalue weighted by Crippen LogP contribution is -2.29. The molecule has 1 atom stereocenters. The highest BCUT2D eigenvalue weighted by molar-refractivity contribution is 6.28. The molecule has 19 heavy (non-hydrogen) atoms. The maximum Gasteiger partial charge on any atom is 0.329 e. The predicted molar refractivity (Wildman–Crippen MR) is 70.4 cm³/mol. The highest BCUT2D eigenvalue weighted by Gasteiger charge is 2.29. The van der Waals surface area contributed by atoms with Gasteiger partial charge in [0.2, 0.25) is 11.1 Å². The second kappa shape index (κ2) is 5.26. The highest BCUT2D eigenvalue weighted by atomic mass is 35.5. The number of rotatable bonds is 2. The first-order chi connectivity index (χ1) is 8.89. The van der Waals surface area contributed by atoms with Gasteiger partial charge in [-0.15, -0.1) is 0 Å². The number of hydrogen-bond acceptors (Lipinski definition) is 6. The summed E-state index contributed by atoms with van der Waals surface area (Å²) in [7, 11) is 0. The second-order valence-corrected chi connectivity index (χ2v) is 5.28. The quantitative estimate of drug-likeness (QED) is 0.506. The van der Waals surface area contributed by atoms with Crippen LogP contribution >= 0.6 is 11.6 Å². The number of nitro groups is 1. The summed E-state index contributed by atoms with van der Waals surface area (Å²) in [6.07, 6.45) is 3.06. The molecule has 1 aliphatic heterocycles. The summed E-state index contributed by atoms with van der Waals surface area (Å²) in [4.78, 5) is 19.9. The highest BCUT2D eigenvalue weighted by Crippen LogP contribution is 2.30. The Bertz CT molecular complexity index is 495. The molecule has 0 saturated carbocycles. The molecule has 0 amide bonds. The number of aliphatic hydroxyl groups is 1. The van der Waals surface area contributed by atoms with Crippen molar-refractivity contribution in [2.75, 3.05) is 18.0 Å². The fraction of sp³-hybridized carbons (Fsp3) is 0.636. The van der Waals surface area contributed by atoms with E-state index in [9.17, 15) is 15.2 Å². The van der Waals surface area contributed by atoms with Gasteiger partial charge in [-0.3, -0.25) is 10.1 Å². The van der Waals surface area contributed by atoms with Crippen LogP contribution in [0.5, 0.6) is 0 Å². The van der Waals surface area contributed by atoms with Crippen molar-refractivity contribution in [1.82, 2.24) is 9.97 Å². The van der Waals surface area contributed by atoms with Gasteiger partial charge in [0.25, 0.3) is 0 Å². The van der Waals surface area contributed by atoms with E-state index in [2.05, 4.69) is 9.97 Å². The van der Waals surface area contributed by atoms with Gasteiger partial charge in [0.1, 0.15) is 6.20 Å². The largest absolute Gasteiger partial charge is 0.390 e. The third-order valence-electron chi connectivity index (χ3n) is 3.28. The second-order valence-electron chi connectivity index (χ2n) is 4.94. The van der Waals surface area contributed by atoms with Crippen molar-refractivity contribution in [3.8, 4) is 0 Å². The maximum atomic E-state index is 11.0. The van der Waals surface area contributed by atoms with Crippen LogP contribution in [0.15, 0.2) is 6.20 Å². The van der Waals surface area contributed by atoms with Gasteiger partial charge < -0.3 is 10.0 Å². The number of halogens is 1. The minimum atomic E-state index is -0.736. The number of anilines is 1. The van der Waals surface area contributed by atoms with Crippen LogP contribution in [0.25, 0.3) is 0 Å². The summed E-state index contributed by atoms with van der Waals surface area (Å²) in [5.74, 6) is 0.225. The van der Waals surface area contributed by atoms with E-state index in [0.29, 0.717) is 25.9 Å². The van der Waals surface area contributed by atoms with Gasteiger partial charge in [-0.2, -0.15) is 4.98 Å². The number of hydrogen-bond donors (Lipinski definition) is 1. The molecule has 1 N–H and O–H groups in total. The van der Waals surface area contributed by atoms with Crippen LogP contribution in [0, 0.1) is 10.1 Å². The minimum absolute atomic E-state index is 0.0170. The molecule has 1 fully saturated rings. The fourth-order valence-electron chi connectivity index (χ4n) is 2.18. The van der Waals surface area contributed by atoms with Crippen LogP contribution < -0.4 is 4.90 Å². The Morgan fingerprint density at radius 3 is 2.95 bits per heavy atom. The van der Waals surface area contributed by atoms with Crippen molar-refractivity contribution in [1.29, 1.82) is 0 Å². The summed E-state index contributed by atoms with van der Waals surface area (Å²) in [5, 5.41) is 21.0. The summed E-state index contributed by atoms with van der Waals surface area (Å²) in [6, 6.07) is 0. The van der Waals surface area contributed by atoms with Crippen molar-refractivity contribution >= 4 is 23.1 Å². The van der Waals surface area contributed by atoms with Crippen molar-refractivity contribution < 1.29 is 10.0 Å². The monoisotopic (exact) mass is 286 g/mol. The molecule has 8 heteroatoms. The van der Waals surface area contributed by atoms with Gasteiger partial charge >= 0.3 is 5.69 Å². The van der Waals surface area contributed by atoms with Crippen LogP contribution in [0.2, 0.25) is 5.28 Å².